The van der Waals surface area contributed by atoms with Crippen molar-refractivity contribution in [1.82, 2.24) is 15.5 Å². The van der Waals surface area contributed by atoms with Crippen LogP contribution in [0.5, 0.6) is 0 Å². The molecule has 1 atom stereocenters. The first-order valence-corrected chi connectivity index (χ1v) is 8.79. The van der Waals surface area contributed by atoms with E-state index in [1.807, 2.05) is 20.8 Å². The molecule has 1 saturated heterocycles. The van der Waals surface area contributed by atoms with E-state index >= 15 is 0 Å². The lowest BCUT2D eigenvalue weighted by atomic mass is 9.96. The van der Waals surface area contributed by atoms with Gasteiger partial charge in [-0.15, -0.1) is 0 Å². The smallest absolute Gasteiger partial charge is 0.253 e. The van der Waals surface area contributed by atoms with Crippen LogP contribution in [-0.4, -0.2) is 47.8 Å². The lowest BCUT2D eigenvalue weighted by Gasteiger charge is -2.32. The van der Waals surface area contributed by atoms with Crippen molar-refractivity contribution in [2.24, 2.45) is 5.92 Å². The number of hydrogen-bond donors (Lipinski definition) is 2. The molecule has 0 spiro atoms. The summed E-state index contributed by atoms with van der Waals surface area (Å²) in [4.78, 5) is 38.3. The Morgan fingerprint density at radius 3 is 2.46 bits per heavy atom. The molecule has 0 aliphatic carbocycles. The van der Waals surface area contributed by atoms with Gasteiger partial charge in [0.05, 0.1) is 12.5 Å². The number of nitrogens with one attached hydrogen (secondary N) is 2. The van der Waals surface area contributed by atoms with E-state index in [0.29, 0.717) is 31.5 Å². The lowest BCUT2D eigenvalue weighted by Crippen LogP contribution is -2.49. The molecular formula is C19H26FN3O3. The van der Waals surface area contributed by atoms with Gasteiger partial charge in [0, 0.05) is 24.2 Å². The van der Waals surface area contributed by atoms with Crippen LogP contribution in [0.3, 0.4) is 0 Å². The highest BCUT2D eigenvalue weighted by atomic mass is 19.1. The van der Waals surface area contributed by atoms with E-state index in [1.165, 1.54) is 24.3 Å². The topological polar surface area (TPSA) is 78.5 Å². The first kappa shape index (κ1) is 19.9. The van der Waals surface area contributed by atoms with Gasteiger partial charge >= 0.3 is 0 Å². The minimum absolute atomic E-state index is 0.0848. The highest BCUT2D eigenvalue weighted by Gasteiger charge is 2.29. The van der Waals surface area contributed by atoms with Crippen LogP contribution in [0, 0.1) is 11.7 Å². The molecule has 1 unspecified atom stereocenters. The number of carbonyl (C=O) groups is 3. The summed E-state index contributed by atoms with van der Waals surface area (Å²) in [6.07, 6.45) is 1.37. The van der Waals surface area contributed by atoms with Crippen LogP contribution in [0.4, 0.5) is 4.39 Å². The third-order valence-corrected chi connectivity index (χ3v) is 4.11. The largest absolute Gasteiger partial charge is 0.350 e. The van der Waals surface area contributed by atoms with Gasteiger partial charge in [0.2, 0.25) is 11.8 Å². The molecule has 0 radical (unpaired) electrons. The van der Waals surface area contributed by atoms with Gasteiger partial charge in [0.15, 0.2) is 0 Å². The molecule has 142 valence electrons. The van der Waals surface area contributed by atoms with Crippen molar-refractivity contribution in [2.45, 2.75) is 39.2 Å². The van der Waals surface area contributed by atoms with Crippen LogP contribution in [0.25, 0.3) is 0 Å². The fraction of sp³-hybridized carbons (Fsp3) is 0.526. The fourth-order valence-corrected chi connectivity index (χ4v) is 2.92. The Morgan fingerprint density at radius 1 is 1.19 bits per heavy atom. The number of benzene rings is 1. The average Bonchev–Trinajstić information content (AvgIpc) is 2.58. The highest BCUT2D eigenvalue weighted by molar-refractivity contribution is 5.94. The van der Waals surface area contributed by atoms with Crippen molar-refractivity contribution in [1.29, 1.82) is 0 Å². The van der Waals surface area contributed by atoms with Gasteiger partial charge in [-0.1, -0.05) is 0 Å². The minimum Gasteiger partial charge on any atom is -0.350 e. The van der Waals surface area contributed by atoms with E-state index in [9.17, 15) is 18.8 Å². The minimum atomic E-state index is -0.397. The second-order valence-electron chi connectivity index (χ2n) is 7.61. The summed E-state index contributed by atoms with van der Waals surface area (Å²) in [6.45, 7) is 6.37. The Hall–Kier alpha value is -2.44. The summed E-state index contributed by atoms with van der Waals surface area (Å²) in [5.41, 5.74) is 0.0439. The first-order valence-electron chi connectivity index (χ1n) is 8.79. The Balaban J connectivity index is 1.88. The molecule has 1 fully saturated rings. The van der Waals surface area contributed by atoms with Gasteiger partial charge in [-0.2, -0.15) is 0 Å². The van der Waals surface area contributed by atoms with Gasteiger partial charge in [-0.3, -0.25) is 14.4 Å². The van der Waals surface area contributed by atoms with Crippen molar-refractivity contribution in [3.63, 3.8) is 0 Å². The summed E-state index contributed by atoms with van der Waals surface area (Å²) >= 11 is 0. The average molecular weight is 363 g/mol. The standard InChI is InChI=1S/C19H26FN3O3/c1-19(2,3)22-16(24)11-21-17(25)14-5-4-10-23(12-14)18(26)13-6-8-15(20)9-7-13/h6-9,14H,4-5,10-12H2,1-3H3,(H,21,25)(H,22,24). The normalized spacial score (nSPS) is 17.5. The number of carbonyl (C=O) groups excluding carboxylic acids is 3. The Kier molecular flexibility index (Phi) is 6.34. The zero-order valence-corrected chi connectivity index (χ0v) is 15.5. The second-order valence-corrected chi connectivity index (χ2v) is 7.61. The molecule has 0 saturated carbocycles. The molecule has 1 aliphatic rings. The van der Waals surface area contributed by atoms with Crippen molar-refractivity contribution in [3.8, 4) is 0 Å². The molecule has 3 amide bonds. The number of rotatable bonds is 4. The van der Waals surface area contributed by atoms with E-state index < -0.39 is 5.82 Å². The van der Waals surface area contributed by atoms with Crippen LogP contribution in [0.1, 0.15) is 44.0 Å². The first-order chi connectivity index (χ1) is 12.2. The van der Waals surface area contributed by atoms with Crippen molar-refractivity contribution >= 4 is 17.7 Å². The number of halogens is 1. The maximum atomic E-state index is 13.0. The molecule has 26 heavy (non-hydrogen) atoms. The molecular weight excluding hydrogens is 337 g/mol. The molecule has 1 heterocycles. The Morgan fingerprint density at radius 2 is 1.85 bits per heavy atom. The van der Waals surface area contributed by atoms with E-state index in [1.54, 1.807) is 4.90 Å². The predicted octanol–water partition coefficient (Wildman–Crippen LogP) is 1.71. The van der Waals surface area contributed by atoms with Crippen molar-refractivity contribution < 1.29 is 18.8 Å². The zero-order valence-electron chi connectivity index (χ0n) is 15.5. The second kappa shape index (κ2) is 8.29. The summed E-state index contributed by atoms with van der Waals surface area (Å²) in [6, 6.07) is 5.38. The quantitative estimate of drug-likeness (QED) is 0.855. The number of nitrogens with zero attached hydrogens (tertiary/aromatic N) is 1. The zero-order chi connectivity index (χ0) is 19.3. The summed E-state index contributed by atoms with van der Waals surface area (Å²) in [5, 5.41) is 5.42. The molecule has 1 aliphatic heterocycles. The van der Waals surface area contributed by atoms with Crippen LogP contribution in [0.15, 0.2) is 24.3 Å². The molecule has 2 N–H and O–H groups in total. The summed E-state index contributed by atoms with van der Waals surface area (Å²) in [7, 11) is 0. The fourth-order valence-electron chi connectivity index (χ4n) is 2.92. The third kappa shape index (κ3) is 5.82. The molecule has 1 aromatic rings. The van der Waals surface area contributed by atoms with Crippen LogP contribution in [-0.2, 0) is 9.59 Å². The maximum Gasteiger partial charge on any atom is 0.253 e. The van der Waals surface area contributed by atoms with Gasteiger partial charge < -0.3 is 15.5 Å². The van der Waals surface area contributed by atoms with Crippen molar-refractivity contribution in [2.75, 3.05) is 19.6 Å². The summed E-state index contributed by atoms with van der Waals surface area (Å²) < 4.78 is 13.0. The van der Waals surface area contributed by atoms with Crippen LogP contribution >= 0.6 is 0 Å². The molecule has 2 rings (SSSR count). The van der Waals surface area contributed by atoms with E-state index in [2.05, 4.69) is 10.6 Å². The van der Waals surface area contributed by atoms with E-state index in [4.69, 9.17) is 0 Å². The number of piperidine rings is 1. The number of amides is 3. The van der Waals surface area contributed by atoms with Crippen LogP contribution in [0.2, 0.25) is 0 Å². The van der Waals surface area contributed by atoms with Crippen LogP contribution < -0.4 is 10.6 Å². The molecule has 7 heteroatoms. The van der Waals surface area contributed by atoms with Crippen molar-refractivity contribution in [3.05, 3.63) is 35.6 Å². The Bertz CT molecular complexity index is 668. The molecule has 6 nitrogen and oxygen atoms in total. The molecule has 0 bridgehead atoms. The van der Waals surface area contributed by atoms with Gasteiger partial charge in [-0.05, 0) is 57.9 Å². The van der Waals surface area contributed by atoms with E-state index in [0.717, 1.165) is 0 Å². The SMILES string of the molecule is CC(C)(C)NC(=O)CNC(=O)C1CCCN(C(=O)c2ccc(F)cc2)C1. The molecule has 1 aromatic carbocycles. The number of likely N-dealkylation sites (tertiary alicyclic amines) is 1. The maximum absolute atomic E-state index is 13.0. The van der Waals surface area contributed by atoms with E-state index in [-0.39, 0.29) is 35.7 Å². The van der Waals surface area contributed by atoms with Gasteiger partial charge in [-0.25, -0.2) is 4.39 Å². The van der Waals surface area contributed by atoms with Gasteiger partial charge in [0.25, 0.3) is 5.91 Å². The monoisotopic (exact) mass is 363 g/mol. The predicted molar refractivity (Wildman–Crippen MR) is 95.9 cm³/mol. The Labute approximate surface area is 153 Å². The van der Waals surface area contributed by atoms with Gasteiger partial charge in [0.1, 0.15) is 5.82 Å². The molecule has 0 aromatic heterocycles. The number of hydrogen-bond acceptors (Lipinski definition) is 3. The third-order valence-electron chi connectivity index (χ3n) is 4.11. The highest BCUT2D eigenvalue weighted by Crippen LogP contribution is 2.19. The summed E-state index contributed by atoms with van der Waals surface area (Å²) in [5.74, 6) is -1.44. The lowest BCUT2D eigenvalue weighted by molar-refractivity contribution is -0.130.